The van der Waals surface area contributed by atoms with Crippen LogP contribution in [0.25, 0.3) is 6.08 Å². The lowest BCUT2D eigenvalue weighted by Crippen LogP contribution is -3.08. The molecule has 28 heavy (non-hydrogen) atoms. The molecule has 5 heteroatoms. The lowest BCUT2D eigenvalue weighted by atomic mass is 10.1. The SMILES string of the molecule is COc1cccc(/C=C/C(=O)NCc2ccc(C[NH+]3CCCC3)cc2)c1OC. The van der Waals surface area contributed by atoms with Gasteiger partial charge in [0, 0.05) is 36.6 Å². The number of likely N-dealkylation sites (tertiary alicyclic amines) is 1. The van der Waals surface area contributed by atoms with Crippen molar-refractivity contribution in [3.63, 3.8) is 0 Å². The van der Waals surface area contributed by atoms with Gasteiger partial charge in [-0.05, 0) is 17.7 Å². The van der Waals surface area contributed by atoms with Gasteiger partial charge in [0.1, 0.15) is 6.54 Å². The van der Waals surface area contributed by atoms with E-state index >= 15 is 0 Å². The molecule has 0 aromatic heterocycles. The average molecular weight is 381 g/mol. The first-order chi connectivity index (χ1) is 13.7. The number of carbonyl (C=O) groups is 1. The number of para-hydroxylation sites is 1. The summed E-state index contributed by atoms with van der Waals surface area (Å²) < 4.78 is 10.7. The third-order valence-corrected chi connectivity index (χ3v) is 5.10. The fourth-order valence-corrected chi connectivity index (χ4v) is 3.57. The fraction of sp³-hybridized carbons (Fsp3) is 0.348. The Morgan fingerprint density at radius 3 is 2.43 bits per heavy atom. The smallest absolute Gasteiger partial charge is 0.244 e. The Morgan fingerprint density at radius 2 is 1.75 bits per heavy atom. The van der Waals surface area contributed by atoms with E-state index in [-0.39, 0.29) is 5.91 Å². The monoisotopic (exact) mass is 381 g/mol. The van der Waals surface area contributed by atoms with Gasteiger partial charge in [-0.25, -0.2) is 0 Å². The number of ether oxygens (including phenoxy) is 2. The number of quaternary nitrogens is 1. The van der Waals surface area contributed by atoms with E-state index in [0.29, 0.717) is 18.0 Å². The molecule has 0 aliphatic carbocycles. The van der Waals surface area contributed by atoms with Crippen molar-refractivity contribution in [2.75, 3.05) is 27.3 Å². The van der Waals surface area contributed by atoms with Crippen LogP contribution >= 0.6 is 0 Å². The van der Waals surface area contributed by atoms with Crippen LogP contribution in [0.4, 0.5) is 0 Å². The lowest BCUT2D eigenvalue weighted by Gasteiger charge is -2.12. The molecule has 2 aromatic carbocycles. The molecule has 0 bridgehead atoms. The highest BCUT2D eigenvalue weighted by molar-refractivity contribution is 5.92. The van der Waals surface area contributed by atoms with Crippen LogP contribution in [0.15, 0.2) is 48.5 Å². The van der Waals surface area contributed by atoms with Crippen molar-refractivity contribution >= 4 is 12.0 Å². The number of nitrogens with one attached hydrogen (secondary N) is 2. The minimum atomic E-state index is -0.143. The molecule has 0 atom stereocenters. The molecular weight excluding hydrogens is 352 g/mol. The number of hydrogen-bond acceptors (Lipinski definition) is 3. The van der Waals surface area contributed by atoms with Crippen LogP contribution in [0, 0.1) is 0 Å². The van der Waals surface area contributed by atoms with Gasteiger partial charge >= 0.3 is 0 Å². The predicted molar refractivity (Wildman–Crippen MR) is 111 cm³/mol. The maximum Gasteiger partial charge on any atom is 0.244 e. The van der Waals surface area contributed by atoms with E-state index in [1.54, 1.807) is 25.2 Å². The Kier molecular flexibility index (Phi) is 7.09. The largest absolute Gasteiger partial charge is 0.493 e. The van der Waals surface area contributed by atoms with Crippen LogP contribution in [0.2, 0.25) is 0 Å². The van der Waals surface area contributed by atoms with E-state index in [9.17, 15) is 4.79 Å². The lowest BCUT2D eigenvalue weighted by molar-refractivity contribution is -0.901. The molecule has 0 spiro atoms. The summed E-state index contributed by atoms with van der Waals surface area (Å²) >= 11 is 0. The van der Waals surface area contributed by atoms with Crippen LogP contribution in [0.1, 0.15) is 29.5 Å². The van der Waals surface area contributed by atoms with Gasteiger partial charge in [0.05, 0.1) is 27.3 Å². The molecule has 1 aliphatic rings. The van der Waals surface area contributed by atoms with Gasteiger partial charge in [-0.2, -0.15) is 0 Å². The number of carbonyl (C=O) groups excluding carboxylic acids is 1. The van der Waals surface area contributed by atoms with Gasteiger partial charge in [0.2, 0.25) is 5.91 Å². The minimum absolute atomic E-state index is 0.143. The third-order valence-electron chi connectivity index (χ3n) is 5.10. The fourth-order valence-electron chi connectivity index (χ4n) is 3.57. The molecule has 1 amide bonds. The summed E-state index contributed by atoms with van der Waals surface area (Å²) in [6.07, 6.45) is 5.93. The Bertz CT molecular complexity index is 809. The zero-order valence-electron chi connectivity index (χ0n) is 16.7. The molecule has 0 unspecified atom stereocenters. The number of hydrogen-bond donors (Lipinski definition) is 2. The van der Waals surface area contributed by atoms with Crippen molar-refractivity contribution in [1.82, 2.24) is 5.32 Å². The van der Waals surface area contributed by atoms with E-state index in [1.807, 2.05) is 18.2 Å². The summed E-state index contributed by atoms with van der Waals surface area (Å²) in [5, 5.41) is 2.92. The van der Waals surface area contributed by atoms with Crippen molar-refractivity contribution in [3.8, 4) is 11.5 Å². The van der Waals surface area contributed by atoms with Crippen LogP contribution in [0.5, 0.6) is 11.5 Å². The van der Waals surface area contributed by atoms with Crippen LogP contribution in [-0.4, -0.2) is 33.2 Å². The Morgan fingerprint density at radius 1 is 1.04 bits per heavy atom. The van der Waals surface area contributed by atoms with Crippen molar-refractivity contribution in [3.05, 3.63) is 65.2 Å². The first-order valence-electron chi connectivity index (χ1n) is 9.78. The van der Waals surface area contributed by atoms with Crippen molar-refractivity contribution < 1.29 is 19.2 Å². The molecule has 0 saturated carbocycles. The quantitative estimate of drug-likeness (QED) is 0.690. The van der Waals surface area contributed by atoms with Crippen LogP contribution < -0.4 is 19.7 Å². The Balaban J connectivity index is 1.52. The molecule has 2 aromatic rings. The summed E-state index contributed by atoms with van der Waals surface area (Å²) in [7, 11) is 3.18. The molecule has 5 nitrogen and oxygen atoms in total. The van der Waals surface area contributed by atoms with Gasteiger partial charge in [0.15, 0.2) is 11.5 Å². The zero-order chi connectivity index (χ0) is 19.8. The van der Waals surface area contributed by atoms with Gasteiger partial charge in [-0.3, -0.25) is 4.79 Å². The summed E-state index contributed by atoms with van der Waals surface area (Å²) in [5.41, 5.74) is 3.25. The van der Waals surface area contributed by atoms with E-state index in [0.717, 1.165) is 17.7 Å². The highest BCUT2D eigenvalue weighted by Gasteiger charge is 2.15. The molecule has 1 heterocycles. The maximum absolute atomic E-state index is 12.2. The highest BCUT2D eigenvalue weighted by Crippen LogP contribution is 2.31. The highest BCUT2D eigenvalue weighted by atomic mass is 16.5. The van der Waals surface area contributed by atoms with E-state index in [1.165, 1.54) is 37.6 Å². The molecule has 1 aliphatic heterocycles. The van der Waals surface area contributed by atoms with Crippen molar-refractivity contribution in [1.29, 1.82) is 0 Å². The average Bonchev–Trinajstić information content (AvgIpc) is 3.24. The molecular formula is C23H29N2O3+. The molecule has 0 radical (unpaired) electrons. The van der Waals surface area contributed by atoms with Gasteiger partial charge < -0.3 is 19.7 Å². The van der Waals surface area contributed by atoms with Crippen molar-refractivity contribution in [2.24, 2.45) is 0 Å². The summed E-state index contributed by atoms with van der Waals surface area (Å²) in [6.45, 7) is 4.16. The van der Waals surface area contributed by atoms with Gasteiger partial charge in [-0.15, -0.1) is 0 Å². The first-order valence-corrected chi connectivity index (χ1v) is 9.78. The molecule has 3 rings (SSSR count). The summed E-state index contributed by atoms with van der Waals surface area (Å²) in [5.74, 6) is 1.11. The number of rotatable bonds is 8. The number of methoxy groups -OCH3 is 2. The first kappa shape index (κ1) is 20.0. The third kappa shape index (κ3) is 5.36. The Labute approximate surface area is 167 Å². The number of benzene rings is 2. The second-order valence-corrected chi connectivity index (χ2v) is 7.08. The minimum Gasteiger partial charge on any atom is -0.493 e. The molecule has 2 N–H and O–H groups in total. The molecule has 148 valence electrons. The second kappa shape index (κ2) is 9.95. The zero-order valence-corrected chi connectivity index (χ0v) is 16.7. The van der Waals surface area contributed by atoms with Gasteiger partial charge in [-0.1, -0.05) is 36.4 Å². The summed E-state index contributed by atoms with van der Waals surface area (Å²) in [4.78, 5) is 13.8. The Hall–Kier alpha value is -2.79. The number of amides is 1. The van der Waals surface area contributed by atoms with E-state index < -0.39 is 0 Å². The van der Waals surface area contributed by atoms with Crippen molar-refractivity contribution in [2.45, 2.75) is 25.9 Å². The standard InChI is InChI=1S/C23H28N2O3/c1-27-21-7-5-6-20(23(21)28-2)12-13-22(26)24-16-18-8-10-19(11-9-18)17-25-14-3-4-15-25/h5-13H,3-4,14-17H2,1-2H3,(H,24,26)/p+1/b13-12+. The van der Waals surface area contributed by atoms with E-state index in [2.05, 4.69) is 29.6 Å². The molecule has 1 saturated heterocycles. The maximum atomic E-state index is 12.2. The van der Waals surface area contributed by atoms with Crippen LogP contribution in [0.3, 0.4) is 0 Å². The van der Waals surface area contributed by atoms with Crippen LogP contribution in [-0.2, 0) is 17.9 Å². The normalized spacial score (nSPS) is 14.4. The topological polar surface area (TPSA) is 52.0 Å². The predicted octanol–water partition coefficient (Wildman–Crippen LogP) is 2.21. The molecule has 1 fully saturated rings. The van der Waals surface area contributed by atoms with E-state index in [4.69, 9.17) is 9.47 Å². The summed E-state index contributed by atoms with van der Waals surface area (Å²) in [6, 6.07) is 14.1. The van der Waals surface area contributed by atoms with Gasteiger partial charge in [0.25, 0.3) is 0 Å². The second-order valence-electron chi connectivity index (χ2n) is 7.08.